The fourth-order valence-corrected chi connectivity index (χ4v) is 1.86. The number of nitriles is 1. The minimum atomic E-state index is -0.901. The van der Waals surface area contributed by atoms with Gasteiger partial charge in [0.05, 0.1) is 11.7 Å². The molecule has 1 amide bonds. The van der Waals surface area contributed by atoms with Crippen molar-refractivity contribution in [2.75, 3.05) is 0 Å². The Balaban J connectivity index is 2.67. The standard InChI is InChI=1S/C17H24N2O3/c1-16(2,3)22-15(20)19-14(11-18)10-12-6-8-13(9-7-12)17(4,5)21/h6-9,14,21H,10H2,1-5H3,(H,19,20). The third-order valence-corrected chi connectivity index (χ3v) is 2.95. The van der Waals surface area contributed by atoms with Crippen LogP contribution in [0.1, 0.15) is 45.7 Å². The number of benzene rings is 1. The first-order valence-electron chi connectivity index (χ1n) is 7.22. The third kappa shape index (κ3) is 6.15. The van der Waals surface area contributed by atoms with Crippen LogP contribution in [0.15, 0.2) is 24.3 Å². The maximum Gasteiger partial charge on any atom is 0.408 e. The molecule has 5 heteroatoms. The Kier molecular flexibility index (Phi) is 5.56. The van der Waals surface area contributed by atoms with E-state index in [1.54, 1.807) is 34.6 Å². The van der Waals surface area contributed by atoms with Gasteiger partial charge in [0.25, 0.3) is 0 Å². The molecule has 22 heavy (non-hydrogen) atoms. The number of rotatable bonds is 4. The fraction of sp³-hybridized carbons (Fsp3) is 0.529. The molecule has 2 N–H and O–H groups in total. The van der Waals surface area contributed by atoms with E-state index in [1.165, 1.54) is 0 Å². The highest BCUT2D eigenvalue weighted by molar-refractivity contribution is 5.68. The van der Waals surface area contributed by atoms with Crippen molar-refractivity contribution in [3.63, 3.8) is 0 Å². The lowest BCUT2D eigenvalue weighted by atomic mass is 9.96. The predicted molar refractivity (Wildman–Crippen MR) is 84.2 cm³/mol. The zero-order valence-corrected chi connectivity index (χ0v) is 13.8. The summed E-state index contributed by atoms with van der Waals surface area (Å²) in [6, 6.07) is 8.70. The number of carbonyl (C=O) groups is 1. The van der Waals surface area contributed by atoms with Crippen molar-refractivity contribution in [2.24, 2.45) is 0 Å². The molecule has 120 valence electrons. The van der Waals surface area contributed by atoms with E-state index in [-0.39, 0.29) is 0 Å². The second kappa shape index (κ2) is 6.80. The van der Waals surface area contributed by atoms with Crippen LogP contribution < -0.4 is 5.32 Å². The van der Waals surface area contributed by atoms with E-state index in [0.29, 0.717) is 6.42 Å². The summed E-state index contributed by atoms with van der Waals surface area (Å²) in [5.74, 6) is 0. The first kappa shape index (κ1) is 18.0. The number of hydrogen-bond donors (Lipinski definition) is 2. The average molecular weight is 304 g/mol. The molecule has 1 atom stereocenters. The summed E-state index contributed by atoms with van der Waals surface area (Å²) in [7, 11) is 0. The molecule has 5 nitrogen and oxygen atoms in total. The van der Waals surface area contributed by atoms with Crippen molar-refractivity contribution in [3.8, 4) is 6.07 Å². The third-order valence-electron chi connectivity index (χ3n) is 2.95. The molecular weight excluding hydrogens is 280 g/mol. The molecule has 1 unspecified atom stereocenters. The van der Waals surface area contributed by atoms with E-state index in [0.717, 1.165) is 11.1 Å². The van der Waals surface area contributed by atoms with Crippen molar-refractivity contribution in [2.45, 2.75) is 58.3 Å². The molecule has 0 aliphatic heterocycles. The number of ether oxygens (including phenoxy) is 1. The lowest BCUT2D eigenvalue weighted by Gasteiger charge is -2.21. The van der Waals surface area contributed by atoms with Crippen molar-refractivity contribution < 1.29 is 14.6 Å². The molecule has 0 saturated heterocycles. The molecule has 0 aliphatic carbocycles. The van der Waals surface area contributed by atoms with Gasteiger partial charge in [-0.15, -0.1) is 0 Å². The van der Waals surface area contributed by atoms with Crippen molar-refractivity contribution in [3.05, 3.63) is 35.4 Å². The molecule has 0 aliphatic rings. The molecule has 0 spiro atoms. The first-order chi connectivity index (χ1) is 10.0. The summed E-state index contributed by atoms with van der Waals surface area (Å²) in [6.07, 6.45) is -0.228. The molecule has 1 rings (SSSR count). The summed E-state index contributed by atoms with van der Waals surface area (Å²) < 4.78 is 5.14. The molecule has 0 radical (unpaired) electrons. The summed E-state index contributed by atoms with van der Waals surface area (Å²) in [5, 5.41) is 21.6. The fourth-order valence-electron chi connectivity index (χ4n) is 1.86. The topological polar surface area (TPSA) is 82.3 Å². The van der Waals surface area contributed by atoms with Crippen LogP contribution in [0, 0.1) is 11.3 Å². The number of nitrogens with one attached hydrogen (secondary N) is 1. The van der Waals surface area contributed by atoms with Crippen LogP contribution in [-0.2, 0) is 16.8 Å². The predicted octanol–water partition coefficient (Wildman–Crippen LogP) is 2.87. The Morgan fingerprint density at radius 2 is 1.82 bits per heavy atom. The number of carbonyl (C=O) groups excluding carboxylic acids is 1. The van der Waals surface area contributed by atoms with Crippen LogP contribution in [0.3, 0.4) is 0 Å². The summed E-state index contributed by atoms with van der Waals surface area (Å²) >= 11 is 0. The lowest BCUT2D eigenvalue weighted by Crippen LogP contribution is -2.39. The highest BCUT2D eigenvalue weighted by atomic mass is 16.6. The second-order valence-corrected chi connectivity index (χ2v) is 6.79. The van der Waals surface area contributed by atoms with Gasteiger partial charge in [0, 0.05) is 6.42 Å². The Bertz CT molecular complexity index is 545. The molecular formula is C17H24N2O3. The van der Waals surface area contributed by atoms with E-state index < -0.39 is 23.3 Å². The summed E-state index contributed by atoms with van der Waals surface area (Å²) in [4.78, 5) is 11.7. The van der Waals surface area contributed by atoms with Crippen LogP contribution in [0.5, 0.6) is 0 Å². The minimum Gasteiger partial charge on any atom is -0.444 e. The van der Waals surface area contributed by atoms with Gasteiger partial charge in [-0.25, -0.2) is 4.79 Å². The summed E-state index contributed by atoms with van der Waals surface area (Å²) in [5.41, 5.74) is 0.195. The number of nitrogens with zero attached hydrogens (tertiary/aromatic N) is 1. The van der Waals surface area contributed by atoms with Crippen molar-refractivity contribution in [1.29, 1.82) is 5.26 Å². The van der Waals surface area contributed by atoms with E-state index in [4.69, 9.17) is 10.00 Å². The zero-order valence-electron chi connectivity index (χ0n) is 13.8. The van der Waals surface area contributed by atoms with Gasteiger partial charge in [0.15, 0.2) is 0 Å². The molecule has 1 aromatic carbocycles. The van der Waals surface area contributed by atoms with Gasteiger partial charge in [-0.2, -0.15) is 5.26 Å². The molecule has 0 bridgehead atoms. The average Bonchev–Trinajstić information content (AvgIpc) is 2.35. The zero-order chi connectivity index (χ0) is 17.0. The van der Waals surface area contributed by atoms with Crippen LogP contribution in [-0.4, -0.2) is 22.8 Å². The maximum atomic E-state index is 11.7. The Morgan fingerprint density at radius 1 is 1.27 bits per heavy atom. The Morgan fingerprint density at radius 3 is 2.23 bits per heavy atom. The minimum absolute atomic E-state index is 0.377. The largest absolute Gasteiger partial charge is 0.444 e. The van der Waals surface area contributed by atoms with E-state index in [1.807, 2.05) is 24.3 Å². The quantitative estimate of drug-likeness (QED) is 0.896. The van der Waals surface area contributed by atoms with Crippen LogP contribution in [0.25, 0.3) is 0 Å². The smallest absolute Gasteiger partial charge is 0.408 e. The number of alkyl carbamates (subject to hydrolysis) is 1. The molecule has 0 heterocycles. The molecule has 0 saturated carbocycles. The van der Waals surface area contributed by atoms with E-state index >= 15 is 0 Å². The van der Waals surface area contributed by atoms with Gasteiger partial charge >= 0.3 is 6.09 Å². The van der Waals surface area contributed by atoms with Gasteiger partial charge in [-0.3, -0.25) is 0 Å². The van der Waals surface area contributed by atoms with Gasteiger partial charge in [-0.1, -0.05) is 24.3 Å². The first-order valence-corrected chi connectivity index (χ1v) is 7.22. The van der Waals surface area contributed by atoms with Gasteiger partial charge in [-0.05, 0) is 45.7 Å². The summed E-state index contributed by atoms with van der Waals surface area (Å²) in [6.45, 7) is 8.73. The SMILES string of the molecule is CC(C)(C)OC(=O)NC(C#N)Cc1ccc(C(C)(C)O)cc1. The molecule has 0 fully saturated rings. The maximum absolute atomic E-state index is 11.7. The normalized spacial score (nSPS) is 13.1. The Labute approximate surface area is 131 Å². The highest BCUT2D eigenvalue weighted by Crippen LogP contribution is 2.20. The monoisotopic (exact) mass is 304 g/mol. The van der Waals surface area contributed by atoms with Gasteiger partial charge < -0.3 is 15.2 Å². The molecule has 0 aromatic heterocycles. The van der Waals surface area contributed by atoms with E-state index in [9.17, 15) is 9.90 Å². The molecule has 1 aromatic rings. The van der Waals surface area contributed by atoms with Gasteiger partial charge in [0.2, 0.25) is 0 Å². The number of hydrogen-bond acceptors (Lipinski definition) is 4. The number of amides is 1. The van der Waals surface area contributed by atoms with Crippen LogP contribution >= 0.6 is 0 Å². The van der Waals surface area contributed by atoms with E-state index in [2.05, 4.69) is 11.4 Å². The lowest BCUT2D eigenvalue weighted by molar-refractivity contribution is 0.0515. The van der Waals surface area contributed by atoms with Crippen molar-refractivity contribution in [1.82, 2.24) is 5.32 Å². The van der Waals surface area contributed by atoms with Gasteiger partial charge in [0.1, 0.15) is 11.6 Å². The number of aliphatic hydroxyl groups is 1. The highest BCUT2D eigenvalue weighted by Gasteiger charge is 2.20. The second-order valence-electron chi connectivity index (χ2n) is 6.79. The Hall–Kier alpha value is -2.06. The van der Waals surface area contributed by atoms with Crippen molar-refractivity contribution >= 4 is 6.09 Å². The van der Waals surface area contributed by atoms with Crippen LogP contribution in [0.2, 0.25) is 0 Å². The van der Waals surface area contributed by atoms with Crippen LogP contribution in [0.4, 0.5) is 4.79 Å².